The Kier molecular flexibility index (Phi) is 4.78. The Labute approximate surface area is 122 Å². The van der Waals surface area contributed by atoms with Crippen molar-refractivity contribution in [1.29, 1.82) is 0 Å². The summed E-state index contributed by atoms with van der Waals surface area (Å²) in [5.74, 6) is 0.528. The zero-order chi connectivity index (χ0) is 14.5. The van der Waals surface area contributed by atoms with Gasteiger partial charge in [0.05, 0.1) is 12.8 Å². The van der Waals surface area contributed by atoms with Crippen molar-refractivity contribution in [2.24, 2.45) is 7.05 Å². The van der Waals surface area contributed by atoms with Gasteiger partial charge in [0.2, 0.25) is 11.1 Å². The molecular formula is C12H18N6OS. The minimum absolute atomic E-state index is 0.306. The number of hydrogen-bond acceptors (Lipinski definition) is 7. The van der Waals surface area contributed by atoms with Crippen molar-refractivity contribution in [3.8, 4) is 6.01 Å². The number of hydrogen-bond donors (Lipinski definition) is 1. The van der Waals surface area contributed by atoms with Crippen LogP contribution in [0.5, 0.6) is 6.01 Å². The molecule has 0 saturated heterocycles. The highest BCUT2D eigenvalue weighted by molar-refractivity contribution is 7.99. The second-order valence-corrected chi connectivity index (χ2v) is 5.19. The molecule has 7 nitrogen and oxygen atoms in total. The molecule has 0 aliphatic carbocycles. The van der Waals surface area contributed by atoms with Crippen molar-refractivity contribution in [3.05, 3.63) is 11.8 Å². The van der Waals surface area contributed by atoms with Gasteiger partial charge in [-0.05, 0) is 31.2 Å². The summed E-state index contributed by atoms with van der Waals surface area (Å²) in [6.07, 6.45) is 0.997. The molecule has 0 spiro atoms. The van der Waals surface area contributed by atoms with Gasteiger partial charge in [0, 0.05) is 13.6 Å². The predicted molar refractivity (Wildman–Crippen MR) is 77.2 cm³/mol. The molecule has 1 N–H and O–H groups in total. The number of nitrogens with one attached hydrogen (secondary N) is 1. The van der Waals surface area contributed by atoms with E-state index in [1.54, 1.807) is 11.8 Å². The van der Waals surface area contributed by atoms with Crippen molar-refractivity contribution in [1.82, 2.24) is 24.7 Å². The number of aromatic nitrogens is 5. The lowest BCUT2D eigenvalue weighted by molar-refractivity contribution is 0.373. The topological polar surface area (TPSA) is 77.8 Å². The molecule has 0 aliphatic heterocycles. The van der Waals surface area contributed by atoms with Gasteiger partial charge in [-0.15, -0.1) is 0 Å². The van der Waals surface area contributed by atoms with Crippen LogP contribution in [0, 0.1) is 6.92 Å². The molecule has 0 amide bonds. The SMILES string of the molecule is CCCNc1nc(OC)nc(Sc2cc(C)nn2C)n1. The largest absolute Gasteiger partial charge is 0.467 e. The molecule has 108 valence electrons. The lowest BCUT2D eigenvalue weighted by Gasteiger charge is -2.07. The molecule has 0 unspecified atom stereocenters. The quantitative estimate of drug-likeness (QED) is 0.871. The molecule has 20 heavy (non-hydrogen) atoms. The highest BCUT2D eigenvalue weighted by Gasteiger charge is 2.11. The zero-order valence-electron chi connectivity index (χ0n) is 12.0. The average Bonchev–Trinajstić information content (AvgIpc) is 2.74. The molecule has 0 saturated carbocycles. The van der Waals surface area contributed by atoms with Crippen molar-refractivity contribution in [3.63, 3.8) is 0 Å². The summed E-state index contributed by atoms with van der Waals surface area (Å²) in [5, 5.41) is 8.99. The second-order valence-electron chi connectivity index (χ2n) is 4.20. The summed E-state index contributed by atoms with van der Waals surface area (Å²) in [6, 6.07) is 2.29. The minimum Gasteiger partial charge on any atom is -0.467 e. The van der Waals surface area contributed by atoms with Crippen molar-refractivity contribution in [2.75, 3.05) is 19.0 Å². The number of aryl methyl sites for hydroxylation is 2. The number of nitrogens with zero attached hydrogens (tertiary/aromatic N) is 5. The van der Waals surface area contributed by atoms with Crippen LogP contribution in [-0.2, 0) is 7.05 Å². The van der Waals surface area contributed by atoms with E-state index in [2.05, 4.69) is 32.3 Å². The highest BCUT2D eigenvalue weighted by Crippen LogP contribution is 2.26. The van der Waals surface area contributed by atoms with Crippen molar-refractivity contribution >= 4 is 17.7 Å². The Morgan fingerprint density at radius 1 is 1.35 bits per heavy atom. The van der Waals surface area contributed by atoms with Crippen LogP contribution in [0.1, 0.15) is 19.0 Å². The number of methoxy groups -OCH3 is 1. The highest BCUT2D eigenvalue weighted by atomic mass is 32.2. The average molecular weight is 294 g/mol. The van der Waals surface area contributed by atoms with E-state index in [1.807, 2.05) is 20.0 Å². The van der Waals surface area contributed by atoms with Crippen molar-refractivity contribution < 1.29 is 4.74 Å². The van der Waals surface area contributed by atoms with E-state index < -0.39 is 0 Å². The summed E-state index contributed by atoms with van der Waals surface area (Å²) in [4.78, 5) is 12.8. The van der Waals surface area contributed by atoms with Crippen LogP contribution in [0.2, 0.25) is 0 Å². The fourth-order valence-corrected chi connectivity index (χ4v) is 2.41. The molecule has 0 radical (unpaired) electrons. The first-order valence-corrected chi connectivity index (χ1v) is 7.16. The van der Waals surface area contributed by atoms with Gasteiger partial charge in [0.25, 0.3) is 0 Å². The Bertz CT molecular complexity index is 585. The van der Waals surface area contributed by atoms with Crippen LogP contribution in [0.25, 0.3) is 0 Å². The maximum atomic E-state index is 5.11. The monoisotopic (exact) mass is 294 g/mol. The van der Waals surface area contributed by atoms with Gasteiger partial charge in [-0.2, -0.15) is 20.1 Å². The van der Waals surface area contributed by atoms with Gasteiger partial charge in [0.1, 0.15) is 5.03 Å². The third kappa shape index (κ3) is 3.60. The van der Waals surface area contributed by atoms with E-state index in [4.69, 9.17) is 4.74 Å². The fourth-order valence-electron chi connectivity index (χ4n) is 1.57. The van der Waals surface area contributed by atoms with E-state index in [0.717, 1.165) is 23.7 Å². The number of rotatable bonds is 6. The Morgan fingerprint density at radius 2 is 2.15 bits per heavy atom. The molecular weight excluding hydrogens is 276 g/mol. The van der Waals surface area contributed by atoms with Gasteiger partial charge >= 0.3 is 6.01 Å². The van der Waals surface area contributed by atoms with E-state index in [1.165, 1.54) is 11.8 Å². The van der Waals surface area contributed by atoms with Crippen LogP contribution in [0.4, 0.5) is 5.95 Å². The molecule has 2 heterocycles. The lowest BCUT2D eigenvalue weighted by atomic mass is 10.5. The molecule has 0 fully saturated rings. The van der Waals surface area contributed by atoms with Crippen LogP contribution >= 0.6 is 11.8 Å². The van der Waals surface area contributed by atoms with E-state index in [9.17, 15) is 0 Å². The number of anilines is 1. The third-order valence-corrected chi connectivity index (χ3v) is 3.42. The molecule has 2 aromatic heterocycles. The van der Waals surface area contributed by atoms with Crippen molar-refractivity contribution in [2.45, 2.75) is 30.5 Å². The first kappa shape index (κ1) is 14.6. The number of ether oxygens (including phenoxy) is 1. The molecule has 0 aromatic carbocycles. The van der Waals surface area contributed by atoms with E-state index in [0.29, 0.717) is 17.1 Å². The van der Waals surface area contributed by atoms with Crippen LogP contribution < -0.4 is 10.1 Å². The molecule has 0 aliphatic rings. The second kappa shape index (κ2) is 6.56. The standard InChI is InChI=1S/C12H18N6OS/c1-5-6-13-10-14-11(19-4)16-12(15-10)20-9-7-8(2)17-18(9)3/h7H,5-6H2,1-4H3,(H,13,14,15,16). The molecule has 2 rings (SSSR count). The van der Waals surface area contributed by atoms with Gasteiger partial charge in [0.15, 0.2) is 0 Å². The van der Waals surface area contributed by atoms with Crippen LogP contribution in [0.3, 0.4) is 0 Å². The van der Waals surface area contributed by atoms with E-state index in [-0.39, 0.29) is 0 Å². The third-order valence-electron chi connectivity index (χ3n) is 2.46. The summed E-state index contributed by atoms with van der Waals surface area (Å²) < 4.78 is 6.91. The van der Waals surface area contributed by atoms with Crippen LogP contribution in [-0.4, -0.2) is 38.4 Å². The Morgan fingerprint density at radius 3 is 2.75 bits per heavy atom. The summed E-state index contributed by atoms with van der Waals surface area (Å²) in [7, 11) is 3.44. The van der Waals surface area contributed by atoms with Gasteiger partial charge in [-0.25, -0.2) is 0 Å². The van der Waals surface area contributed by atoms with Gasteiger partial charge in [-0.1, -0.05) is 6.92 Å². The Balaban J connectivity index is 2.23. The minimum atomic E-state index is 0.306. The molecule has 8 heteroatoms. The Hall–Kier alpha value is -1.83. The maximum Gasteiger partial charge on any atom is 0.321 e. The normalized spacial score (nSPS) is 10.6. The molecule has 2 aromatic rings. The zero-order valence-corrected chi connectivity index (χ0v) is 12.9. The van der Waals surface area contributed by atoms with Gasteiger partial charge in [-0.3, -0.25) is 4.68 Å². The lowest BCUT2D eigenvalue weighted by Crippen LogP contribution is -2.07. The summed E-state index contributed by atoms with van der Waals surface area (Å²) in [5.41, 5.74) is 0.959. The summed E-state index contributed by atoms with van der Waals surface area (Å²) >= 11 is 1.43. The van der Waals surface area contributed by atoms with Crippen LogP contribution in [0.15, 0.2) is 16.2 Å². The summed E-state index contributed by atoms with van der Waals surface area (Å²) in [6.45, 7) is 4.84. The smallest absolute Gasteiger partial charge is 0.321 e. The molecule has 0 bridgehead atoms. The fraction of sp³-hybridized carbons (Fsp3) is 0.500. The predicted octanol–water partition coefficient (Wildman–Crippen LogP) is 1.90. The van der Waals surface area contributed by atoms with Gasteiger partial charge < -0.3 is 10.1 Å². The maximum absolute atomic E-state index is 5.11. The first-order valence-electron chi connectivity index (χ1n) is 6.34. The van der Waals surface area contributed by atoms with E-state index >= 15 is 0 Å². The first-order chi connectivity index (χ1) is 9.62. The molecule has 0 atom stereocenters.